The first-order valence-corrected chi connectivity index (χ1v) is 5.81. The quantitative estimate of drug-likeness (QED) is 0.757. The molecular weight excluding hydrogens is 210 g/mol. The Bertz CT molecular complexity index is 406. The van der Waals surface area contributed by atoms with Crippen LogP contribution in [-0.4, -0.2) is 17.4 Å². The van der Waals surface area contributed by atoms with Crippen LogP contribution in [0.5, 0.6) is 0 Å². The maximum atomic E-state index is 11.6. The predicted octanol–water partition coefficient (Wildman–Crippen LogP) is 3.47. The highest BCUT2D eigenvalue weighted by atomic mass is 16.2. The minimum Gasteiger partial charge on any atom is -0.316 e. The topological polar surface area (TPSA) is 20.3 Å². The SMILES string of the molecule is C=CN(C/C(C)=C/c1ccccc1)C(=O)CC. The summed E-state index contributed by atoms with van der Waals surface area (Å²) in [6, 6.07) is 10.1. The molecule has 17 heavy (non-hydrogen) atoms. The van der Waals surface area contributed by atoms with Crippen LogP contribution >= 0.6 is 0 Å². The molecule has 0 N–H and O–H groups in total. The Labute approximate surface area is 103 Å². The molecule has 1 aromatic carbocycles. The average Bonchev–Trinajstić information content (AvgIpc) is 2.36. The van der Waals surface area contributed by atoms with Crippen molar-refractivity contribution in [1.82, 2.24) is 4.90 Å². The molecule has 0 saturated heterocycles. The van der Waals surface area contributed by atoms with Gasteiger partial charge < -0.3 is 4.90 Å². The van der Waals surface area contributed by atoms with E-state index < -0.39 is 0 Å². The van der Waals surface area contributed by atoms with Crippen LogP contribution in [0.1, 0.15) is 25.8 Å². The minimum atomic E-state index is 0.0980. The molecule has 1 rings (SSSR count). The van der Waals surface area contributed by atoms with E-state index in [0.29, 0.717) is 13.0 Å². The van der Waals surface area contributed by atoms with Gasteiger partial charge in [-0.3, -0.25) is 4.79 Å². The first kappa shape index (κ1) is 13.2. The fraction of sp³-hybridized carbons (Fsp3) is 0.267. The first-order valence-electron chi connectivity index (χ1n) is 5.81. The molecule has 0 atom stereocenters. The zero-order valence-electron chi connectivity index (χ0n) is 10.5. The Hall–Kier alpha value is -1.83. The van der Waals surface area contributed by atoms with Gasteiger partial charge in [-0.1, -0.05) is 55.5 Å². The highest BCUT2D eigenvalue weighted by Crippen LogP contribution is 2.08. The summed E-state index contributed by atoms with van der Waals surface area (Å²) in [6.45, 7) is 8.15. The van der Waals surface area contributed by atoms with Crippen molar-refractivity contribution in [3.63, 3.8) is 0 Å². The standard InChI is InChI=1S/C15H19NO/c1-4-15(17)16(5-2)12-13(3)11-14-9-7-6-8-10-14/h5-11H,2,4,12H2,1,3H3/b13-11+. The maximum Gasteiger partial charge on any atom is 0.226 e. The van der Waals surface area contributed by atoms with E-state index in [4.69, 9.17) is 0 Å². The number of rotatable bonds is 5. The Morgan fingerprint density at radius 3 is 2.53 bits per heavy atom. The van der Waals surface area contributed by atoms with Crippen LogP contribution < -0.4 is 0 Å². The molecule has 90 valence electrons. The number of benzene rings is 1. The summed E-state index contributed by atoms with van der Waals surface area (Å²) in [7, 11) is 0. The molecule has 0 aromatic heterocycles. The third-order valence-corrected chi connectivity index (χ3v) is 2.48. The fourth-order valence-corrected chi connectivity index (χ4v) is 1.61. The number of carbonyl (C=O) groups excluding carboxylic acids is 1. The zero-order valence-corrected chi connectivity index (χ0v) is 10.5. The summed E-state index contributed by atoms with van der Waals surface area (Å²) >= 11 is 0. The van der Waals surface area contributed by atoms with Crippen molar-refractivity contribution in [3.05, 3.63) is 54.2 Å². The number of carbonyl (C=O) groups is 1. The summed E-state index contributed by atoms with van der Waals surface area (Å²) in [6.07, 6.45) is 4.18. The lowest BCUT2D eigenvalue weighted by molar-refractivity contribution is -0.127. The monoisotopic (exact) mass is 229 g/mol. The van der Waals surface area contributed by atoms with Gasteiger partial charge in [0, 0.05) is 13.0 Å². The molecule has 0 heterocycles. The Kier molecular flexibility index (Phi) is 5.21. The van der Waals surface area contributed by atoms with Gasteiger partial charge in [0.25, 0.3) is 0 Å². The molecule has 1 amide bonds. The van der Waals surface area contributed by atoms with Gasteiger partial charge >= 0.3 is 0 Å². The van der Waals surface area contributed by atoms with Crippen LogP contribution in [0.25, 0.3) is 6.08 Å². The lowest BCUT2D eigenvalue weighted by Crippen LogP contribution is -2.26. The van der Waals surface area contributed by atoms with Crippen LogP contribution in [0.2, 0.25) is 0 Å². The van der Waals surface area contributed by atoms with Crippen molar-refractivity contribution in [3.8, 4) is 0 Å². The van der Waals surface area contributed by atoms with Gasteiger partial charge in [0.2, 0.25) is 5.91 Å². The average molecular weight is 229 g/mol. The highest BCUT2D eigenvalue weighted by molar-refractivity contribution is 5.77. The molecule has 0 saturated carbocycles. The van der Waals surface area contributed by atoms with Crippen molar-refractivity contribution >= 4 is 12.0 Å². The van der Waals surface area contributed by atoms with Crippen LogP contribution in [-0.2, 0) is 4.79 Å². The molecule has 0 unspecified atom stereocenters. The second-order valence-corrected chi connectivity index (χ2v) is 3.96. The third-order valence-electron chi connectivity index (χ3n) is 2.48. The van der Waals surface area contributed by atoms with E-state index in [9.17, 15) is 4.79 Å². The molecule has 0 aliphatic heterocycles. The molecule has 0 radical (unpaired) electrons. The van der Waals surface area contributed by atoms with Gasteiger partial charge in [-0.25, -0.2) is 0 Å². The zero-order chi connectivity index (χ0) is 12.7. The summed E-state index contributed by atoms with van der Waals surface area (Å²) in [4.78, 5) is 13.2. The maximum absolute atomic E-state index is 11.6. The van der Waals surface area contributed by atoms with Crippen LogP contribution in [0.4, 0.5) is 0 Å². The molecule has 0 aliphatic rings. The summed E-state index contributed by atoms with van der Waals surface area (Å²) in [5.74, 6) is 0.0980. The second kappa shape index (κ2) is 6.69. The number of hydrogen-bond donors (Lipinski definition) is 0. The second-order valence-electron chi connectivity index (χ2n) is 3.96. The van der Waals surface area contributed by atoms with Gasteiger partial charge in [-0.05, 0) is 18.7 Å². The van der Waals surface area contributed by atoms with E-state index in [1.807, 2.05) is 44.2 Å². The van der Waals surface area contributed by atoms with Gasteiger partial charge in [-0.2, -0.15) is 0 Å². The molecule has 1 aromatic rings. The highest BCUT2D eigenvalue weighted by Gasteiger charge is 2.07. The van der Waals surface area contributed by atoms with E-state index in [1.165, 1.54) is 0 Å². The van der Waals surface area contributed by atoms with Crippen molar-refractivity contribution < 1.29 is 4.79 Å². The molecule has 0 bridgehead atoms. The summed E-state index contributed by atoms with van der Waals surface area (Å²) < 4.78 is 0. The van der Waals surface area contributed by atoms with Crippen molar-refractivity contribution in [2.45, 2.75) is 20.3 Å². The largest absolute Gasteiger partial charge is 0.316 e. The van der Waals surface area contributed by atoms with Gasteiger partial charge in [0.1, 0.15) is 0 Å². The Morgan fingerprint density at radius 2 is 2.00 bits per heavy atom. The lowest BCUT2D eigenvalue weighted by Gasteiger charge is -2.17. The van der Waals surface area contributed by atoms with Crippen molar-refractivity contribution in [1.29, 1.82) is 0 Å². The summed E-state index contributed by atoms with van der Waals surface area (Å²) in [5, 5.41) is 0. The molecular formula is C15H19NO. The predicted molar refractivity (Wildman–Crippen MR) is 72.3 cm³/mol. The number of amides is 1. The smallest absolute Gasteiger partial charge is 0.226 e. The first-order chi connectivity index (χ1) is 8.17. The van der Waals surface area contributed by atoms with Crippen molar-refractivity contribution in [2.75, 3.05) is 6.54 Å². The third kappa shape index (κ3) is 4.27. The Morgan fingerprint density at radius 1 is 1.35 bits per heavy atom. The molecule has 2 nitrogen and oxygen atoms in total. The molecule has 0 spiro atoms. The molecule has 0 fully saturated rings. The van der Waals surface area contributed by atoms with Crippen LogP contribution in [0.15, 0.2) is 48.7 Å². The number of nitrogens with zero attached hydrogens (tertiary/aromatic N) is 1. The van der Waals surface area contributed by atoms with Gasteiger partial charge in [-0.15, -0.1) is 0 Å². The van der Waals surface area contributed by atoms with E-state index in [0.717, 1.165) is 11.1 Å². The van der Waals surface area contributed by atoms with E-state index in [1.54, 1.807) is 11.1 Å². The van der Waals surface area contributed by atoms with Gasteiger partial charge in [0.15, 0.2) is 0 Å². The summed E-state index contributed by atoms with van der Waals surface area (Å²) in [5.41, 5.74) is 2.29. The molecule has 0 aliphatic carbocycles. The van der Waals surface area contributed by atoms with Gasteiger partial charge in [0.05, 0.1) is 0 Å². The Balaban J connectivity index is 2.71. The fourth-order valence-electron chi connectivity index (χ4n) is 1.61. The van der Waals surface area contributed by atoms with Crippen LogP contribution in [0.3, 0.4) is 0 Å². The minimum absolute atomic E-state index is 0.0980. The molecule has 2 heteroatoms. The lowest BCUT2D eigenvalue weighted by atomic mass is 10.1. The van der Waals surface area contributed by atoms with Crippen molar-refractivity contribution in [2.24, 2.45) is 0 Å². The van der Waals surface area contributed by atoms with Crippen LogP contribution in [0, 0.1) is 0 Å². The normalized spacial score (nSPS) is 11.1. The van der Waals surface area contributed by atoms with E-state index in [-0.39, 0.29) is 5.91 Å². The van der Waals surface area contributed by atoms with E-state index >= 15 is 0 Å². The number of hydrogen-bond acceptors (Lipinski definition) is 1. The van der Waals surface area contributed by atoms with E-state index in [2.05, 4.69) is 12.7 Å².